The molecule has 1 rings (SSSR count). The van der Waals surface area contributed by atoms with E-state index in [2.05, 4.69) is 12.2 Å². The first-order valence-corrected chi connectivity index (χ1v) is 6.18. The van der Waals surface area contributed by atoms with Gasteiger partial charge in [-0.2, -0.15) is 0 Å². The standard InChI is InChI=1S/C12H17ClN2OS/c1-8(5-6-16-2)15-11-4-3-9(13)7-10(11)12(14)17/h3-4,7-8,15H,5-6H2,1-2H3,(H2,14,17). The van der Waals surface area contributed by atoms with E-state index in [1.807, 2.05) is 12.1 Å². The Labute approximate surface area is 112 Å². The van der Waals surface area contributed by atoms with Crippen LogP contribution in [0.3, 0.4) is 0 Å². The number of nitrogens with two attached hydrogens (primary N) is 1. The molecule has 1 unspecified atom stereocenters. The number of methoxy groups -OCH3 is 1. The Balaban J connectivity index is 2.79. The van der Waals surface area contributed by atoms with E-state index in [1.165, 1.54) is 0 Å². The summed E-state index contributed by atoms with van der Waals surface area (Å²) in [5, 5.41) is 3.98. The van der Waals surface area contributed by atoms with Crippen LogP contribution in [-0.2, 0) is 4.74 Å². The molecule has 3 nitrogen and oxygen atoms in total. The van der Waals surface area contributed by atoms with Gasteiger partial charge in [-0.15, -0.1) is 0 Å². The zero-order chi connectivity index (χ0) is 12.8. The molecule has 94 valence electrons. The molecule has 1 aromatic rings. The summed E-state index contributed by atoms with van der Waals surface area (Å²) in [5.74, 6) is 0. The van der Waals surface area contributed by atoms with Gasteiger partial charge in [0, 0.05) is 36.0 Å². The third-order valence-electron chi connectivity index (χ3n) is 2.40. The van der Waals surface area contributed by atoms with Crippen LogP contribution in [0, 0.1) is 0 Å². The van der Waals surface area contributed by atoms with Crippen LogP contribution in [0.4, 0.5) is 5.69 Å². The highest BCUT2D eigenvalue weighted by Crippen LogP contribution is 2.21. The maximum absolute atomic E-state index is 5.92. The van der Waals surface area contributed by atoms with Crippen LogP contribution in [0.15, 0.2) is 18.2 Å². The van der Waals surface area contributed by atoms with Crippen LogP contribution in [0.25, 0.3) is 0 Å². The lowest BCUT2D eigenvalue weighted by atomic mass is 10.1. The van der Waals surface area contributed by atoms with Gasteiger partial charge in [0.25, 0.3) is 0 Å². The second-order valence-corrected chi connectivity index (χ2v) is 4.76. The van der Waals surface area contributed by atoms with Crippen molar-refractivity contribution in [1.82, 2.24) is 0 Å². The molecule has 0 saturated heterocycles. The number of anilines is 1. The summed E-state index contributed by atoms with van der Waals surface area (Å²) >= 11 is 10.9. The number of benzene rings is 1. The maximum Gasteiger partial charge on any atom is 0.106 e. The number of ether oxygens (including phenoxy) is 1. The van der Waals surface area contributed by atoms with Crippen molar-refractivity contribution in [2.45, 2.75) is 19.4 Å². The van der Waals surface area contributed by atoms with Crippen molar-refractivity contribution in [3.05, 3.63) is 28.8 Å². The topological polar surface area (TPSA) is 47.3 Å². The Kier molecular flexibility index (Phi) is 5.68. The summed E-state index contributed by atoms with van der Waals surface area (Å²) in [6.07, 6.45) is 0.913. The largest absolute Gasteiger partial charge is 0.389 e. The van der Waals surface area contributed by atoms with Crippen LogP contribution in [-0.4, -0.2) is 24.7 Å². The first kappa shape index (κ1) is 14.2. The molecule has 0 aromatic heterocycles. The number of halogens is 1. The van der Waals surface area contributed by atoms with Gasteiger partial charge in [0.15, 0.2) is 0 Å². The molecule has 17 heavy (non-hydrogen) atoms. The SMILES string of the molecule is COCCC(C)Nc1ccc(Cl)cc1C(N)=S. The monoisotopic (exact) mass is 272 g/mol. The number of hydrogen-bond acceptors (Lipinski definition) is 3. The molecular weight excluding hydrogens is 256 g/mol. The zero-order valence-electron chi connectivity index (χ0n) is 10.00. The van der Waals surface area contributed by atoms with Crippen LogP contribution < -0.4 is 11.1 Å². The summed E-state index contributed by atoms with van der Waals surface area (Å²) in [6, 6.07) is 5.76. The fourth-order valence-corrected chi connectivity index (χ4v) is 1.82. The highest BCUT2D eigenvalue weighted by molar-refractivity contribution is 7.80. The van der Waals surface area contributed by atoms with Crippen molar-refractivity contribution in [3.63, 3.8) is 0 Å². The highest BCUT2D eigenvalue weighted by atomic mass is 35.5. The van der Waals surface area contributed by atoms with Gasteiger partial charge < -0.3 is 15.8 Å². The Morgan fingerprint density at radius 1 is 1.59 bits per heavy atom. The molecule has 1 aromatic carbocycles. The first-order chi connectivity index (χ1) is 8.04. The minimum atomic E-state index is 0.282. The summed E-state index contributed by atoms with van der Waals surface area (Å²) < 4.78 is 5.04. The molecule has 3 N–H and O–H groups in total. The molecular formula is C12H17ClN2OS. The lowest BCUT2D eigenvalue weighted by molar-refractivity contribution is 0.191. The van der Waals surface area contributed by atoms with Gasteiger partial charge in [0.05, 0.1) is 0 Å². The summed E-state index contributed by atoms with van der Waals surface area (Å²) in [6.45, 7) is 2.79. The van der Waals surface area contributed by atoms with Crippen LogP contribution in [0.5, 0.6) is 0 Å². The van der Waals surface area contributed by atoms with E-state index in [0.29, 0.717) is 16.6 Å². The number of nitrogens with one attached hydrogen (secondary N) is 1. The third kappa shape index (κ3) is 4.50. The molecule has 0 saturated carbocycles. The van der Waals surface area contributed by atoms with Gasteiger partial charge in [0.1, 0.15) is 4.99 Å². The number of rotatable bonds is 6. The highest BCUT2D eigenvalue weighted by Gasteiger charge is 2.09. The van der Waals surface area contributed by atoms with Gasteiger partial charge in [0.2, 0.25) is 0 Å². The predicted octanol–water partition coefficient (Wildman–Crippen LogP) is 2.81. The van der Waals surface area contributed by atoms with E-state index < -0.39 is 0 Å². The van der Waals surface area contributed by atoms with Gasteiger partial charge in [-0.05, 0) is 31.5 Å². The average Bonchev–Trinajstić information content (AvgIpc) is 2.28. The van der Waals surface area contributed by atoms with E-state index in [0.717, 1.165) is 17.7 Å². The molecule has 5 heteroatoms. The van der Waals surface area contributed by atoms with Gasteiger partial charge in [-0.3, -0.25) is 0 Å². The Morgan fingerprint density at radius 3 is 2.88 bits per heavy atom. The lowest BCUT2D eigenvalue weighted by Gasteiger charge is -2.17. The van der Waals surface area contributed by atoms with Gasteiger partial charge in [-0.25, -0.2) is 0 Å². The van der Waals surface area contributed by atoms with Crippen molar-refractivity contribution in [1.29, 1.82) is 0 Å². The molecule has 0 aliphatic rings. The van der Waals surface area contributed by atoms with E-state index in [-0.39, 0.29) is 6.04 Å². The normalized spacial score (nSPS) is 12.2. The minimum Gasteiger partial charge on any atom is -0.389 e. The molecule has 0 spiro atoms. The minimum absolute atomic E-state index is 0.282. The lowest BCUT2D eigenvalue weighted by Crippen LogP contribution is -2.20. The first-order valence-electron chi connectivity index (χ1n) is 5.39. The zero-order valence-corrected chi connectivity index (χ0v) is 11.6. The van der Waals surface area contributed by atoms with Crippen molar-refractivity contribution in [3.8, 4) is 0 Å². The Bertz CT molecular complexity index is 398. The van der Waals surface area contributed by atoms with Crippen LogP contribution >= 0.6 is 23.8 Å². The number of thiocarbonyl (C=S) groups is 1. The fraction of sp³-hybridized carbons (Fsp3) is 0.417. The molecule has 0 bridgehead atoms. The van der Waals surface area contributed by atoms with Crippen LogP contribution in [0.1, 0.15) is 18.9 Å². The van der Waals surface area contributed by atoms with Crippen molar-refractivity contribution in [2.24, 2.45) is 5.73 Å². The molecule has 0 aliphatic carbocycles. The smallest absolute Gasteiger partial charge is 0.106 e. The molecule has 0 heterocycles. The van der Waals surface area contributed by atoms with Crippen molar-refractivity contribution < 1.29 is 4.74 Å². The molecule has 0 aliphatic heterocycles. The molecule has 0 amide bonds. The van der Waals surface area contributed by atoms with Crippen molar-refractivity contribution >= 4 is 34.5 Å². The van der Waals surface area contributed by atoms with Gasteiger partial charge in [-0.1, -0.05) is 23.8 Å². The molecule has 0 radical (unpaired) electrons. The summed E-state index contributed by atoms with van der Waals surface area (Å²) in [7, 11) is 1.69. The third-order valence-corrected chi connectivity index (χ3v) is 2.86. The van der Waals surface area contributed by atoms with E-state index in [1.54, 1.807) is 13.2 Å². The second-order valence-electron chi connectivity index (χ2n) is 3.88. The Hall–Kier alpha value is -0.840. The average molecular weight is 273 g/mol. The second kappa shape index (κ2) is 6.79. The summed E-state index contributed by atoms with van der Waals surface area (Å²) in [4.78, 5) is 0.342. The van der Waals surface area contributed by atoms with E-state index in [4.69, 9.17) is 34.3 Å². The summed E-state index contributed by atoms with van der Waals surface area (Å²) in [5.41, 5.74) is 7.35. The van der Waals surface area contributed by atoms with E-state index >= 15 is 0 Å². The molecule has 1 atom stereocenters. The fourth-order valence-electron chi connectivity index (χ4n) is 1.48. The number of hydrogen-bond donors (Lipinski definition) is 2. The van der Waals surface area contributed by atoms with E-state index in [9.17, 15) is 0 Å². The molecule has 0 fully saturated rings. The van der Waals surface area contributed by atoms with Crippen molar-refractivity contribution in [2.75, 3.05) is 19.0 Å². The Morgan fingerprint density at radius 2 is 2.29 bits per heavy atom. The maximum atomic E-state index is 5.92. The quantitative estimate of drug-likeness (QED) is 0.782. The predicted molar refractivity (Wildman–Crippen MR) is 76.9 cm³/mol. The van der Waals surface area contributed by atoms with Crippen LogP contribution in [0.2, 0.25) is 5.02 Å². The van der Waals surface area contributed by atoms with Gasteiger partial charge >= 0.3 is 0 Å².